The summed E-state index contributed by atoms with van der Waals surface area (Å²) in [6, 6.07) is 12.5. The first-order valence-corrected chi connectivity index (χ1v) is 7.37. The molecular weight excluding hydrogens is 280 g/mol. The van der Waals surface area contributed by atoms with Gasteiger partial charge in [-0.05, 0) is 45.3 Å². The quantitative estimate of drug-likeness (QED) is 0.630. The van der Waals surface area contributed by atoms with Crippen molar-refractivity contribution in [2.24, 2.45) is 0 Å². The van der Waals surface area contributed by atoms with Crippen molar-refractivity contribution in [2.45, 2.75) is 38.9 Å². The molecule has 1 aromatic heterocycles. The molecule has 5 heteroatoms. The Morgan fingerprint density at radius 1 is 0.909 bits per heavy atom. The van der Waals surface area contributed by atoms with Crippen LogP contribution in [-0.2, 0) is 9.31 Å². The summed E-state index contributed by atoms with van der Waals surface area (Å²) in [4.78, 5) is 3.89. The number of hydrogen-bond donors (Lipinski definition) is 0. The van der Waals surface area contributed by atoms with Gasteiger partial charge < -0.3 is 9.31 Å². The molecule has 0 spiro atoms. The first-order valence-electron chi connectivity index (χ1n) is 7.37. The van der Waals surface area contributed by atoms with Crippen LogP contribution in [0.5, 0.6) is 0 Å². The summed E-state index contributed by atoms with van der Waals surface area (Å²) >= 11 is 0. The molecule has 0 N–H and O–H groups in total. The molecule has 0 amide bonds. The fourth-order valence-corrected chi connectivity index (χ4v) is 2.36. The van der Waals surface area contributed by atoms with E-state index in [0.29, 0.717) is 5.69 Å². The molecule has 2 aromatic rings. The lowest BCUT2D eigenvalue weighted by molar-refractivity contribution is 0.00578. The minimum atomic E-state index is -0.479. The average Bonchev–Trinajstić information content (AvgIpc) is 2.68. The van der Waals surface area contributed by atoms with Crippen molar-refractivity contribution in [3.8, 4) is 11.3 Å². The van der Waals surface area contributed by atoms with Crippen LogP contribution in [0.15, 0.2) is 42.5 Å². The first kappa shape index (κ1) is 15.2. The molecule has 2 heterocycles. The van der Waals surface area contributed by atoms with Gasteiger partial charge in [-0.2, -0.15) is 4.39 Å². The summed E-state index contributed by atoms with van der Waals surface area (Å²) in [6.07, 6.45) is 0. The Morgan fingerprint density at radius 3 is 2.05 bits per heavy atom. The number of nitrogens with zero attached hydrogens (tertiary/aromatic N) is 1. The Hall–Kier alpha value is -1.72. The maximum absolute atomic E-state index is 13.2. The highest BCUT2D eigenvalue weighted by molar-refractivity contribution is 6.62. The molecule has 0 saturated carbocycles. The summed E-state index contributed by atoms with van der Waals surface area (Å²) in [5.41, 5.74) is 1.69. The van der Waals surface area contributed by atoms with Gasteiger partial charge in [0.25, 0.3) is 0 Å². The van der Waals surface area contributed by atoms with E-state index in [0.717, 1.165) is 11.0 Å². The van der Waals surface area contributed by atoms with Crippen molar-refractivity contribution in [3.63, 3.8) is 0 Å². The lowest BCUT2D eigenvalue weighted by atomic mass is 9.79. The van der Waals surface area contributed by atoms with E-state index in [1.807, 2.05) is 52.0 Å². The third-order valence-electron chi connectivity index (χ3n) is 4.45. The van der Waals surface area contributed by atoms with Crippen LogP contribution in [0, 0.1) is 5.95 Å². The van der Waals surface area contributed by atoms with Crippen LogP contribution in [0.4, 0.5) is 4.39 Å². The zero-order chi connectivity index (χ0) is 16.0. The van der Waals surface area contributed by atoms with Gasteiger partial charge in [0.15, 0.2) is 0 Å². The monoisotopic (exact) mass is 299 g/mol. The molecule has 1 aliphatic rings. The minimum Gasteiger partial charge on any atom is -0.399 e. The SMILES string of the molecule is CC1(C)OB(c2ccc(-c3cccc(F)n3)cc2)OC1(C)C. The molecule has 0 radical (unpaired) electrons. The van der Waals surface area contributed by atoms with Crippen LogP contribution in [0.2, 0.25) is 0 Å². The summed E-state index contributed by atoms with van der Waals surface area (Å²) in [7, 11) is -0.389. The number of rotatable bonds is 2. The van der Waals surface area contributed by atoms with Crippen molar-refractivity contribution >= 4 is 12.6 Å². The number of hydrogen-bond acceptors (Lipinski definition) is 3. The Balaban J connectivity index is 1.84. The summed E-state index contributed by atoms with van der Waals surface area (Å²) in [6.45, 7) is 8.10. The molecule has 0 unspecified atom stereocenters. The van der Waals surface area contributed by atoms with Crippen LogP contribution in [0.25, 0.3) is 11.3 Å². The molecule has 114 valence electrons. The van der Waals surface area contributed by atoms with E-state index < -0.39 is 5.95 Å². The largest absolute Gasteiger partial charge is 0.494 e. The van der Waals surface area contributed by atoms with Gasteiger partial charge in [0.2, 0.25) is 5.95 Å². The summed E-state index contributed by atoms with van der Waals surface area (Å²) in [5, 5.41) is 0. The van der Waals surface area contributed by atoms with Crippen LogP contribution >= 0.6 is 0 Å². The van der Waals surface area contributed by atoms with E-state index >= 15 is 0 Å². The van der Waals surface area contributed by atoms with Gasteiger partial charge in [-0.25, -0.2) is 4.98 Å². The van der Waals surface area contributed by atoms with Gasteiger partial charge >= 0.3 is 7.12 Å². The van der Waals surface area contributed by atoms with Crippen LogP contribution in [-0.4, -0.2) is 23.3 Å². The number of halogens is 1. The first-order chi connectivity index (χ1) is 10.3. The number of aromatic nitrogens is 1. The van der Waals surface area contributed by atoms with E-state index in [9.17, 15) is 4.39 Å². The lowest BCUT2D eigenvalue weighted by Gasteiger charge is -2.32. The molecule has 1 saturated heterocycles. The Labute approximate surface area is 130 Å². The van der Waals surface area contributed by atoms with Crippen molar-refractivity contribution in [1.82, 2.24) is 4.98 Å². The fraction of sp³-hybridized carbons (Fsp3) is 0.353. The van der Waals surface area contributed by atoms with Gasteiger partial charge in [0.1, 0.15) is 0 Å². The second-order valence-corrected chi connectivity index (χ2v) is 6.56. The van der Waals surface area contributed by atoms with Gasteiger partial charge in [0, 0.05) is 5.56 Å². The highest BCUT2D eigenvalue weighted by Gasteiger charge is 2.51. The highest BCUT2D eigenvalue weighted by Crippen LogP contribution is 2.36. The van der Waals surface area contributed by atoms with Gasteiger partial charge in [-0.1, -0.05) is 30.3 Å². The Bertz CT molecular complexity index is 669. The predicted molar refractivity (Wildman–Crippen MR) is 85.3 cm³/mol. The predicted octanol–water partition coefficient (Wildman–Crippen LogP) is 3.19. The van der Waals surface area contributed by atoms with Crippen molar-refractivity contribution < 1.29 is 13.7 Å². The minimum absolute atomic E-state index is 0.361. The second kappa shape index (κ2) is 5.18. The van der Waals surface area contributed by atoms with E-state index in [4.69, 9.17) is 9.31 Å². The molecule has 1 fully saturated rings. The summed E-state index contributed by atoms with van der Waals surface area (Å²) < 4.78 is 25.2. The smallest absolute Gasteiger partial charge is 0.399 e. The average molecular weight is 299 g/mol. The maximum atomic E-state index is 13.2. The molecule has 3 rings (SSSR count). The molecule has 22 heavy (non-hydrogen) atoms. The molecule has 0 bridgehead atoms. The Morgan fingerprint density at radius 2 is 1.50 bits per heavy atom. The lowest BCUT2D eigenvalue weighted by Crippen LogP contribution is -2.41. The van der Waals surface area contributed by atoms with Crippen LogP contribution in [0.3, 0.4) is 0 Å². The van der Waals surface area contributed by atoms with Crippen LogP contribution in [0.1, 0.15) is 27.7 Å². The second-order valence-electron chi connectivity index (χ2n) is 6.56. The summed E-state index contributed by atoms with van der Waals surface area (Å²) in [5.74, 6) is -0.479. The molecule has 1 aliphatic heterocycles. The highest BCUT2D eigenvalue weighted by atomic mass is 19.1. The van der Waals surface area contributed by atoms with E-state index in [1.54, 1.807) is 12.1 Å². The molecular formula is C17H19BFNO2. The third-order valence-corrected chi connectivity index (χ3v) is 4.45. The standard InChI is InChI=1S/C17H19BFNO2/c1-16(2)17(3,4)22-18(21-16)13-10-8-12(9-11-13)14-6-5-7-15(19)20-14/h5-11H,1-4H3. The normalized spacial score (nSPS) is 19.4. The van der Waals surface area contributed by atoms with Crippen molar-refractivity contribution in [2.75, 3.05) is 0 Å². The van der Waals surface area contributed by atoms with E-state index in [1.165, 1.54) is 6.07 Å². The molecule has 0 aliphatic carbocycles. The van der Waals surface area contributed by atoms with Crippen molar-refractivity contribution in [1.29, 1.82) is 0 Å². The van der Waals surface area contributed by atoms with Gasteiger partial charge in [-0.15, -0.1) is 0 Å². The van der Waals surface area contributed by atoms with Gasteiger partial charge in [-0.3, -0.25) is 0 Å². The Kier molecular flexibility index (Phi) is 3.58. The topological polar surface area (TPSA) is 31.4 Å². The van der Waals surface area contributed by atoms with E-state index in [2.05, 4.69) is 4.98 Å². The number of benzene rings is 1. The zero-order valence-corrected chi connectivity index (χ0v) is 13.3. The third kappa shape index (κ3) is 2.66. The van der Waals surface area contributed by atoms with Gasteiger partial charge in [0.05, 0.1) is 16.9 Å². The number of pyridine rings is 1. The maximum Gasteiger partial charge on any atom is 0.494 e. The fourth-order valence-electron chi connectivity index (χ4n) is 2.36. The molecule has 3 nitrogen and oxygen atoms in total. The molecule has 1 aromatic carbocycles. The van der Waals surface area contributed by atoms with E-state index in [-0.39, 0.29) is 18.3 Å². The van der Waals surface area contributed by atoms with Crippen LogP contribution < -0.4 is 5.46 Å². The molecule has 0 atom stereocenters. The van der Waals surface area contributed by atoms with Crippen molar-refractivity contribution in [3.05, 3.63) is 48.4 Å². The zero-order valence-electron chi connectivity index (χ0n) is 13.3.